The molecule has 1 aromatic heterocycles. The number of hydrogen-bond donors (Lipinski definition) is 2. The average Bonchev–Trinajstić information content (AvgIpc) is 2.64. The van der Waals surface area contributed by atoms with Crippen molar-refractivity contribution in [3.05, 3.63) is 66.4 Å². The van der Waals surface area contributed by atoms with Gasteiger partial charge in [0.1, 0.15) is 30.3 Å². The first-order valence-electron chi connectivity index (χ1n) is 7.65. The van der Waals surface area contributed by atoms with Crippen molar-refractivity contribution in [2.24, 2.45) is 0 Å². The van der Waals surface area contributed by atoms with Crippen LogP contribution in [0.15, 0.2) is 60.8 Å². The fourth-order valence-electron chi connectivity index (χ4n) is 2.42. The number of nitrogens with one attached hydrogen (secondary N) is 1. The van der Waals surface area contributed by atoms with Gasteiger partial charge >= 0.3 is 0 Å². The van der Waals surface area contributed by atoms with Crippen molar-refractivity contribution in [3.63, 3.8) is 0 Å². The summed E-state index contributed by atoms with van der Waals surface area (Å²) in [6, 6.07) is 19.2. The van der Waals surface area contributed by atoms with Crippen molar-refractivity contribution in [2.45, 2.75) is 6.10 Å². The van der Waals surface area contributed by atoms with Crippen LogP contribution in [0, 0.1) is 11.3 Å². The van der Waals surface area contributed by atoms with E-state index in [4.69, 9.17) is 10.00 Å². The maximum Gasteiger partial charge on any atom is 0.143 e. The van der Waals surface area contributed by atoms with Crippen LogP contribution in [-0.2, 0) is 0 Å². The standard InChI is InChI=1S/C19H17N3O2/c20-11-15-7-4-10-21-19(15)22-12-16(23)13-24-18-9-3-6-14-5-1-2-8-17(14)18/h1-10,16,23H,12-13H2,(H,21,22)/t16-/m0/s1. The summed E-state index contributed by atoms with van der Waals surface area (Å²) >= 11 is 0. The lowest BCUT2D eigenvalue weighted by Gasteiger charge is -2.15. The van der Waals surface area contributed by atoms with Crippen LogP contribution in [0.3, 0.4) is 0 Å². The van der Waals surface area contributed by atoms with Crippen molar-refractivity contribution in [3.8, 4) is 11.8 Å². The number of rotatable bonds is 6. The lowest BCUT2D eigenvalue weighted by Crippen LogP contribution is -2.26. The molecule has 0 bridgehead atoms. The number of aliphatic hydroxyl groups excluding tert-OH is 1. The molecule has 0 aliphatic heterocycles. The van der Waals surface area contributed by atoms with Crippen molar-refractivity contribution in [1.82, 2.24) is 4.98 Å². The van der Waals surface area contributed by atoms with E-state index in [0.29, 0.717) is 11.4 Å². The lowest BCUT2D eigenvalue weighted by atomic mass is 10.1. The van der Waals surface area contributed by atoms with Crippen LogP contribution in [0.2, 0.25) is 0 Å². The van der Waals surface area contributed by atoms with E-state index in [2.05, 4.69) is 16.4 Å². The van der Waals surface area contributed by atoms with Crippen LogP contribution in [0.5, 0.6) is 5.75 Å². The van der Waals surface area contributed by atoms with Crippen LogP contribution < -0.4 is 10.1 Å². The zero-order valence-electron chi connectivity index (χ0n) is 13.0. The third kappa shape index (κ3) is 3.62. The summed E-state index contributed by atoms with van der Waals surface area (Å²) in [7, 11) is 0. The number of benzene rings is 2. The number of fused-ring (bicyclic) bond motifs is 1. The molecule has 0 saturated heterocycles. The van der Waals surface area contributed by atoms with Gasteiger partial charge in [0.15, 0.2) is 0 Å². The topological polar surface area (TPSA) is 78.2 Å². The number of nitriles is 1. The maximum absolute atomic E-state index is 10.1. The number of anilines is 1. The number of nitrogens with zero attached hydrogens (tertiary/aromatic N) is 2. The highest BCUT2D eigenvalue weighted by Crippen LogP contribution is 2.25. The Bertz CT molecular complexity index is 868. The molecular weight excluding hydrogens is 302 g/mol. The number of hydrogen-bond acceptors (Lipinski definition) is 5. The average molecular weight is 319 g/mol. The minimum absolute atomic E-state index is 0.149. The molecule has 2 aromatic carbocycles. The Kier molecular flexibility index (Phi) is 4.90. The second-order valence-electron chi connectivity index (χ2n) is 5.33. The molecule has 3 rings (SSSR count). The molecule has 5 heteroatoms. The van der Waals surface area contributed by atoms with Gasteiger partial charge in [0.25, 0.3) is 0 Å². The van der Waals surface area contributed by atoms with E-state index in [1.54, 1.807) is 18.3 Å². The van der Waals surface area contributed by atoms with Gasteiger partial charge in [0, 0.05) is 18.1 Å². The summed E-state index contributed by atoms with van der Waals surface area (Å²) in [6.07, 6.45) is 0.875. The first-order chi connectivity index (χ1) is 11.8. The fourth-order valence-corrected chi connectivity index (χ4v) is 2.42. The SMILES string of the molecule is N#Cc1cccnc1NC[C@H](O)COc1cccc2ccccc12. The molecule has 1 heterocycles. The van der Waals surface area contributed by atoms with E-state index < -0.39 is 6.10 Å². The molecule has 0 aliphatic carbocycles. The van der Waals surface area contributed by atoms with E-state index in [9.17, 15) is 5.11 Å². The number of aromatic nitrogens is 1. The van der Waals surface area contributed by atoms with Crippen molar-refractivity contribution < 1.29 is 9.84 Å². The summed E-state index contributed by atoms with van der Waals surface area (Å²) in [5, 5.41) is 24.2. The van der Waals surface area contributed by atoms with Gasteiger partial charge < -0.3 is 15.2 Å². The van der Waals surface area contributed by atoms with E-state index in [0.717, 1.165) is 16.5 Å². The van der Waals surface area contributed by atoms with Gasteiger partial charge in [0.2, 0.25) is 0 Å². The summed E-state index contributed by atoms with van der Waals surface area (Å²) in [5.41, 5.74) is 0.444. The van der Waals surface area contributed by atoms with Crippen molar-refractivity contribution in [1.29, 1.82) is 5.26 Å². The van der Waals surface area contributed by atoms with Gasteiger partial charge in [-0.05, 0) is 23.6 Å². The molecule has 0 spiro atoms. The normalized spacial score (nSPS) is 11.7. The predicted octanol–water partition coefficient (Wildman–Crippen LogP) is 2.96. The zero-order chi connectivity index (χ0) is 16.8. The molecule has 0 aliphatic rings. The fraction of sp³-hybridized carbons (Fsp3) is 0.158. The summed E-state index contributed by atoms with van der Waals surface area (Å²) < 4.78 is 5.75. The molecule has 0 radical (unpaired) electrons. The maximum atomic E-state index is 10.1. The largest absolute Gasteiger partial charge is 0.490 e. The first kappa shape index (κ1) is 15.8. The van der Waals surface area contributed by atoms with E-state index in [1.165, 1.54) is 0 Å². The van der Waals surface area contributed by atoms with Gasteiger partial charge in [-0.3, -0.25) is 0 Å². The third-order valence-electron chi connectivity index (χ3n) is 3.61. The molecule has 24 heavy (non-hydrogen) atoms. The molecular formula is C19H17N3O2. The van der Waals surface area contributed by atoms with E-state index >= 15 is 0 Å². The summed E-state index contributed by atoms with van der Waals surface area (Å²) in [5.74, 6) is 1.20. The molecule has 1 atom stereocenters. The Morgan fingerprint density at radius 1 is 1.12 bits per heavy atom. The second-order valence-corrected chi connectivity index (χ2v) is 5.33. The molecule has 3 aromatic rings. The van der Waals surface area contributed by atoms with Gasteiger partial charge in [-0.2, -0.15) is 5.26 Å². The summed E-state index contributed by atoms with van der Waals surface area (Å²) in [4.78, 5) is 4.10. The number of pyridine rings is 1. The highest BCUT2D eigenvalue weighted by Gasteiger charge is 2.09. The highest BCUT2D eigenvalue weighted by molar-refractivity contribution is 5.88. The van der Waals surface area contributed by atoms with Crippen LogP contribution >= 0.6 is 0 Å². The van der Waals surface area contributed by atoms with Gasteiger partial charge in [-0.1, -0.05) is 36.4 Å². The van der Waals surface area contributed by atoms with Gasteiger partial charge in [-0.15, -0.1) is 0 Å². The van der Waals surface area contributed by atoms with Crippen LogP contribution in [-0.4, -0.2) is 29.3 Å². The second kappa shape index (κ2) is 7.44. The highest BCUT2D eigenvalue weighted by atomic mass is 16.5. The van der Waals surface area contributed by atoms with Crippen molar-refractivity contribution in [2.75, 3.05) is 18.5 Å². The number of ether oxygens (including phenoxy) is 1. The molecule has 0 fully saturated rings. The number of aliphatic hydroxyl groups is 1. The van der Waals surface area contributed by atoms with Crippen LogP contribution in [0.25, 0.3) is 10.8 Å². The van der Waals surface area contributed by atoms with E-state index in [1.807, 2.05) is 42.5 Å². The monoisotopic (exact) mass is 319 g/mol. The zero-order valence-corrected chi connectivity index (χ0v) is 13.0. The predicted molar refractivity (Wildman–Crippen MR) is 92.9 cm³/mol. The Balaban J connectivity index is 1.59. The molecule has 0 saturated carbocycles. The van der Waals surface area contributed by atoms with Gasteiger partial charge in [-0.25, -0.2) is 4.98 Å². The van der Waals surface area contributed by atoms with E-state index in [-0.39, 0.29) is 13.2 Å². The molecule has 0 amide bonds. The quantitative estimate of drug-likeness (QED) is 0.730. The minimum Gasteiger partial charge on any atom is -0.490 e. The Hall–Kier alpha value is -3.10. The van der Waals surface area contributed by atoms with Crippen LogP contribution in [0.1, 0.15) is 5.56 Å². The summed E-state index contributed by atoms with van der Waals surface area (Å²) in [6.45, 7) is 0.395. The third-order valence-corrected chi connectivity index (χ3v) is 3.61. The lowest BCUT2D eigenvalue weighted by molar-refractivity contribution is 0.118. The van der Waals surface area contributed by atoms with Gasteiger partial charge in [0.05, 0.1) is 5.56 Å². The Morgan fingerprint density at radius 2 is 1.96 bits per heavy atom. The molecule has 120 valence electrons. The minimum atomic E-state index is -0.725. The Labute approximate surface area is 140 Å². The van der Waals surface area contributed by atoms with Crippen LogP contribution in [0.4, 0.5) is 5.82 Å². The Morgan fingerprint density at radius 3 is 2.83 bits per heavy atom. The first-order valence-corrected chi connectivity index (χ1v) is 7.65. The molecule has 2 N–H and O–H groups in total. The molecule has 5 nitrogen and oxygen atoms in total. The van der Waals surface area contributed by atoms with Crippen molar-refractivity contribution >= 4 is 16.6 Å². The smallest absolute Gasteiger partial charge is 0.143 e. The molecule has 0 unspecified atom stereocenters.